The summed E-state index contributed by atoms with van der Waals surface area (Å²) in [6.07, 6.45) is 3.93. The van der Waals surface area contributed by atoms with Crippen molar-refractivity contribution in [3.63, 3.8) is 0 Å². The van der Waals surface area contributed by atoms with Crippen molar-refractivity contribution in [1.29, 1.82) is 0 Å². The predicted molar refractivity (Wildman–Crippen MR) is 88.4 cm³/mol. The number of hydrogen-bond acceptors (Lipinski definition) is 3. The molecular weight excluding hydrogens is 286 g/mol. The van der Waals surface area contributed by atoms with Gasteiger partial charge in [0.15, 0.2) is 0 Å². The van der Waals surface area contributed by atoms with Gasteiger partial charge in [0.2, 0.25) is 0 Å². The zero-order chi connectivity index (χ0) is 15.9. The summed E-state index contributed by atoms with van der Waals surface area (Å²) in [5.74, 6) is 1.03. The Labute approximate surface area is 131 Å². The van der Waals surface area contributed by atoms with E-state index in [4.69, 9.17) is 0 Å². The molecule has 5 nitrogen and oxygen atoms in total. The second kappa shape index (κ2) is 9.08. The molecule has 0 saturated carbocycles. The Morgan fingerprint density at radius 2 is 1.71 bits per heavy atom. The van der Waals surface area contributed by atoms with Gasteiger partial charge in [-0.2, -0.15) is 12.7 Å². The SMILES string of the molecule is CCC(CC)CNS(=O)(=O)N1CCC(CNC(C)C)CC1. The first kappa shape index (κ1) is 18.9. The second-order valence-electron chi connectivity index (χ2n) is 6.44. The molecule has 0 radical (unpaired) electrons. The van der Waals surface area contributed by atoms with Crippen molar-refractivity contribution in [3.05, 3.63) is 0 Å². The van der Waals surface area contributed by atoms with Crippen LogP contribution in [0.1, 0.15) is 53.4 Å². The fourth-order valence-electron chi connectivity index (χ4n) is 2.65. The lowest BCUT2D eigenvalue weighted by molar-refractivity contribution is 0.261. The number of rotatable bonds is 9. The molecule has 0 aromatic carbocycles. The van der Waals surface area contributed by atoms with Crippen molar-refractivity contribution in [1.82, 2.24) is 14.3 Å². The minimum atomic E-state index is -3.29. The van der Waals surface area contributed by atoms with Crippen LogP contribution in [-0.2, 0) is 10.2 Å². The Balaban J connectivity index is 2.38. The maximum absolute atomic E-state index is 12.3. The van der Waals surface area contributed by atoms with Crippen molar-refractivity contribution >= 4 is 10.2 Å². The van der Waals surface area contributed by atoms with Crippen molar-refractivity contribution < 1.29 is 8.42 Å². The average molecular weight is 320 g/mol. The third-order valence-corrected chi connectivity index (χ3v) is 6.01. The van der Waals surface area contributed by atoms with Crippen LogP contribution in [0.4, 0.5) is 0 Å². The maximum Gasteiger partial charge on any atom is 0.279 e. The minimum Gasteiger partial charge on any atom is -0.314 e. The third kappa shape index (κ3) is 6.63. The van der Waals surface area contributed by atoms with Gasteiger partial charge in [0.25, 0.3) is 10.2 Å². The molecule has 21 heavy (non-hydrogen) atoms. The van der Waals surface area contributed by atoms with E-state index in [-0.39, 0.29) is 0 Å². The van der Waals surface area contributed by atoms with Crippen LogP contribution >= 0.6 is 0 Å². The summed E-state index contributed by atoms with van der Waals surface area (Å²) in [4.78, 5) is 0. The molecule has 1 aliphatic heterocycles. The number of nitrogens with zero attached hydrogens (tertiary/aromatic N) is 1. The molecule has 6 heteroatoms. The first-order chi connectivity index (χ1) is 9.89. The summed E-state index contributed by atoms with van der Waals surface area (Å²) in [5.41, 5.74) is 0. The monoisotopic (exact) mass is 319 g/mol. The smallest absolute Gasteiger partial charge is 0.279 e. The van der Waals surface area contributed by atoms with E-state index in [2.05, 4.69) is 37.7 Å². The normalized spacial score (nSPS) is 18.8. The summed E-state index contributed by atoms with van der Waals surface area (Å²) in [6.45, 7) is 11.3. The molecule has 2 N–H and O–H groups in total. The van der Waals surface area contributed by atoms with Crippen molar-refractivity contribution in [2.45, 2.75) is 59.4 Å². The molecule has 1 fully saturated rings. The van der Waals surface area contributed by atoms with Crippen LogP contribution in [0.2, 0.25) is 0 Å². The standard InChI is InChI=1S/C15H33N3O2S/c1-5-14(6-2)12-17-21(19,20)18-9-7-15(8-10-18)11-16-13(3)4/h13-17H,5-12H2,1-4H3. The van der Waals surface area contributed by atoms with E-state index in [0.29, 0.717) is 37.5 Å². The molecule has 0 aromatic heterocycles. The molecule has 0 unspecified atom stereocenters. The van der Waals surface area contributed by atoms with Gasteiger partial charge in [-0.05, 0) is 31.2 Å². The summed E-state index contributed by atoms with van der Waals surface area (Å²) in [6, 6.07) is 0.494. The zero-order valence-electron chi connectivity index (χ0n) is 14.1. The van der Waals surface area contributed by atoms with Crippen LogP contribution in [0, 0.1) is 11.8 Å². The molecule has 0 bridgehead atoms. The number of hydrogen-bond donors (Lipinski definition) is 2. The van der Waals surface area contributed by atoms with Gasteiger partial charge in [0, 0.05) is 25.7 Å². The predicted octanol–water partition coefficient (Wildman–Crippen LogP) is 1.97. The molecule has 1 aliphatic rings. The second-order valence-corrected chi connectivity index (χ2v) is 8.20. The van der Waals surface area contributed by atoms with Gasteiger partial charge < -0.3 is 5.32 Å². The van der Waals surface area contributed by atoms with E-state index in [1.54, 1.807) is 4.31 Å². The molecule has 0 atom stereocenters. The fraction of sp³-hybridized carbons (Fsp3) is 1.00. The Morgan fingerprint density at radius 3 is 2.19 bits per heavy atom. The highest BCUT2D eigenvalue weighted by Gasteiger charge is 2.27. The quantitative estimate of drug-likeness (QED) is 0.683. The van der Waals surface area contributed by atoms with E-state index in [0.717, 1.165) is 32.2 Å². The first-order valence-corrected chi connectivity index (χ1v) is 9.81. The van der Waals surface area contributed by atoms with Crippen molar-refractivity contribution in [2.75, 3.05) is 26.2 Å². The Bertz CT molecular complexity index is 372. The topological polar surface area (TPSA) is 61.4 Å². The summed E-state index contributed by atoms with van der Waals surface area (Å²) in [7, 11) is -3.29. The summed E-state index contributed by atoms with van der Waals surface area (Å²) < 4.78 is 29.0. The van der Waals surface area contributed by atoms with Gasteiger partial charge in [0.05, 0.1) is 0 Å². The largest absolute Gasteiger partial charge is 0.314 e. The minimum absolute atomic E-state index is 0.438. The highest BCUT2D eigenvalue weighted by molar-refractivity contribution is 7.87. The third-order valence-electron chi connectivity index (χ3n) is 4.44. The molecule has 1 heterocycles. The van der Waals surface area contributed by atoms with E-state index < -0.39 is 10.2 Å². The van der Waals surface area contributed by atoms with Gasteiger partial charge in [-0.25, -0.2) is 4.72 Å². The maximum atomic E-state index is 12.3. The molecule has 0 spiro atoms. The molecule has 1 saturated heterocycles. The van der Waals surface area contributed by atoms with Crippen LogP contribution in [0.3, 0.4) is 0 Å². The molecule has 1 rings (SSSR count). The molecule has 126 valence electrons. The molecule has 0 aromatic rings. The van der Waals surface area contributed by atoms with Crippen LogP contribution in [0.15, 0.2) is 0 Å². The Morgan fingerprint density at radius 1 is 1.14 bits per heavy atom. The molecule has 0 aliphatic carbocycles. The van der Waals surface area contributed by atoms with Gasteiger partial charge in [-0.1, -0.05) is 40.5 Å². The van der Waals surface area contributed by atoms with E-state index >= 15 is 0 Å². The average Bonchev–Trinajstić information content (AvgIpc) is 2.46. The fourth-order valence-corrected chi connectivity index (χ4v) is 3.97. The van der Waals surface area contributed by atoms with E-state index in [9.17, 15) is 8.42 Å². The van der Waals surface area contributed by atoms with Crippen LogP contribution in [-0.4, -0.2) is 44.9 Å². The number of piperidine rings is 1. The van der Waals surface area contributed by atoms with Gasteiger partial charge >= 0.3 is 0 Å². The number of nitrogens with one attached hydrogen (secondary N) is 2. The van der Waals surface area contributed by atoms with Gasteiger partial charge in [0.1, 0.15) is 0 Å². The zero-order valence-corrected chi connectivity index (χ0v) is 14.9. The van der Waals surface area contributed by atoms with Crippen LogP contribution < -0.4 is 10.0 Å². The van der Waals surface area contributed by atoms with Crippen LogP contribution in [0.25, 0.3) is 0 Å². The Hall–Kier alpha value is -0.170. The first-order valence-electron chi connectivity index (χ1n) is 8.37. The van der Waals surface area contributed by atoms with Crippen molar-refractivity contribution in [3.8, 4) is 0 Å². The highest BCUT2D eigenvalue weighted by Crippen LogP contribution is 2.19. The highest BCUT2D eigenvalue weighted by atomic mass is 32.2. The van der Waals surface area contributed by atoms with E-state index in [1.807, 2.05) is 0 Å². The summed E-state index contributed by atoms with van der Waals surface area (Å²) >= 11 is 0. The lowest BCUT2D eigenvalue weighted by atomic mass is 9.98. The molecule has 0 amide bonds. The van der Waals surface area contributed by atoms with Gasteiger partial charge in [-0.15, -0.1) is 0 Å². The lowest BCUT2D eigenvalue weighted by Gasteiger charge is -2.32. The van der Waals surface area contributed by atoms with E-state index in [1.165, 1.54) is 0 Å². The van der Waals surface area contributed by atoms with Crippen LogP contribution in [0.5, 0.6) is 0 Å². The lowest BCUT2D eigenvalue weighted by Crippen LogP contribution is -2.47. The van der Waals surface area contributed by atoms with Gasteiger partial charge in [-0.3, -0.25) is 0 Å². The Kier molecular flexibility index (Phi) is 8.16. The summed E-state index contributed by atoms with van der Waals surface area (Å²) in [5, 5.41) is 3.44. The molecular formula is C15H33N3O2S. The van der Waals surface area contributed by atoms with Crippen molar-refractivity contribution in [2.24, 2.45) is 11.8 Å².